The normalized spacial score (nSPS) is 10.6. The molecule has 0 aliphatic carbocycles. The zero-order valence-corrected chi connectivity index (χ0v) is 11.9. The number of nitrogens with zero attached hydrogens (tertiary/aromatic N) is 1. The van der Waals surface area contributed by atoms with Gasteiger partial charge in [-0.05, 0) is 42.4 Å². The van der Waals surface area contributed by atoms with Crippen LogP contribution in [-0.4, -0.2) is 28.4 Å². The minimum absolute atomic E-state index is 0.180. The van der Waals surface area contributed by atoms with Crippen LogP contribution in [0.15, 0.2) is 41.4 Å². The van der Waals surface area contributed by atoms with Gasteiger partial charge in [-0.1, -0.05) is 18.2 Å². The molecule has 0 saturated heterocycles. The van der Waals surface area contributed by atoms with Gasteiger partial charge < -0.3 is 10.0 Å². The molecule has 0 atom stereocenters. The standard InChI is InChI=1S/C14H15BFNO2S/c1-20-12-6-4-10(5-7-12)2-3-11-8-13(15(18)19)14(16)17-9-11/h4-9,18-19H,2-3H2,1H3. The first-order chi connectivity index (χ1) is 9.60. The van der Waals surface area contributed by atoms with E-state index in [4.69, 9.17) is 10.0 Å². The molecule has 0 unspecified atom stereocenters. The van der Waals surface area contributed by atoms with Gasteiger partial charge in [0.05, 0.1) is 0 Å². The second-order valence-electron chi connectivity index (χ2n) is 4.45. The molecule has 2 aromatic rings. The molecule has 1 heterocycles. The van der Waals surface area contributed by atoms with Crippen molar-refractivity contribution in [2.45, 2.75) is 17.7 Å². The van der Waals surface area contributed by atoms with E-state index in [0.717, 1.165) is 12.0 Å². The summed E-state index contributed by atoms with van der Waals surface area (Å²) in [4.78, 5) is 4.76. The van der Waals surface area contributed by atoms with Gasteiger partial charge in [0.15, 0.2) is 0 Å². The molecular formula is C14H15BFNO2S. The van der Waals surface area contributed by atoms with E-state index in [1.165, 1.54) is 22.7 Å². The topological polar surface area (TPSA) is 53.4 Å². The number of hydrogen-bond acceptors (Lipinski definition) is 4. The molecule has 1 aromatic carbocycles. The van der Waals surface area contributed by atoms with Crippen LogP contribution in [0.3, 0.4) is 0 Å². The van der Waals surface area contributed by atoms with E-state index in [-0.39, 0.29) is 5.46 Å². The summed E-state index contributed by atoms with van der Waals surface area (Å²) in [6.07, 6.45) is 4.92. The van der Waals surface area contributed by atoms with Crippen molar-refractivity contribution >= 4 is 24.3 Å². The van der Waals surface area contributed by atoms with Crippen LogP contribution in [0.4, 0.5) is 4.39 Å². The molecule has 1 aromatic heterocycles. The molecule has 0 radical (unpaired) electrons. The van der Waals surface area contributed by atoms with Crippen LogP contribution < -0.4 is 5.46 Å². The average Bonchev–Trinajstić information content (AvgIpc) is 2.46. The highest BCUT2D eigenvalue weighted by atomic mass is 32.2. The molecular weight excluding hydrogens is 276 g/mol. The summed E-state index contributed by atoms with van der Waals surface area (Å²) >= 11 is 1.69. The Morgan fingerprint density at radius 1 is 1.15 bits per heavy atom. The third-order valence-electron chi connectivity index (χ3n) is 3.06. The molecule has 20 heavy (non-hydrogen) atoms. The third kappa shape index (κ3) is 3.82. The fourth-order valence-corrected chi connectivity index (χ4v) is 2.32. The van der Waals surface area contributed by atoms with Crippen LogP contribution in [0.25, 0.3) is 0 Å². The van der Waals surface area contributed by atoms with Gasteiger partial charge in [0.1, 0.15) is 0 Å². The second-order valence-corrected chi connectivity index (χ2v) is 5.32. The van der Waals surface area contributed by atoms with Crippen molar-refractivity contribution in [1.82, 2.24) is 4.98 Å². The molecule has 0 aliphatic heterocycles. The zero-order valence-electron chi connectivity index (χ0n) is 11.1. The number of halogens is 1. The largest absolute Gasteiger partial charge is 0.493 e. The molecule has 0 aliphatic rings. The zero-order chi connectivity index (χ0) is 14.5. The Morgan fingerprint density at radius 2 is 1.80 bits per heavy atom. The lowest BCUT2D eigenvalue weighted by molar-refractivity contribution is 0.421. The maximum atomic E-state index is 13.2. The number of hydrogen-bond donors (Lipinski definition) is 2. The Morgan fingerprint density at radius 3 is 2.40 bits per heavy atom. The predicted molar refractivity (Wildman–Crippen MR) is 79.7 cm³/mol. The van der Waals surface area contributed by atoms with E-state index < -0.39 is 13.1 Å². The average molecular weight is 291 g/mol. The van der Waals surface area contributed by atoms with Gasteiger partial charge in [-0.2, -0.15) is 4.39 Å². The first kappa shape index (κ1) is 15.0. The molecule has 6 heteroatoms. The minimum Gasteiger partial charge on any atom is -0.423 e. The summed E-state index contributed by atoms with van der Waals surface area (Å²) < 4.78 is 13.2. The van der Waals surface area contributed by atoms with E-state index >= 15 is 0 Å². The van der Waals surface area contributed by atoms with Crippen LogP contribution >= 0.6 is 11.8 Å². The number of rotatable bonds is 5. The van der Waals surface area contributed by atoms with Gasteiger partial charge in [-0.25, -0.2) is 4.98 Å². The van der Waals surface area contributed by atoms with Crippen LogP contribution in [0.1, 0.15) is 11.1 Å². The van der Waals surface area contributed by atoms with E-state index in [1.807, 2.05) is 6.26 Å². The molecule has 0 bridgehead atoms. The van der Waals surface area contributed by atoms with Crippen LogP contribution in [0.2, 0.25) is 0 Å². The summed E-state index contributed by atoms with van der Waals surface area (Å²) in [5.41, 5.74) is 1.78. The first-order valence-corrected chi connectivity index (χ1v) is 7.46. The summed E-state index contributed by atoms with van der Waals surface area (Å²) in [6.45, 7) is 0. The van der Waals surface area contributed by atoms with Crippen molar-refractivity contribution < 1.29 is 14.4 Å². The van der Waals surface area contributed by atoms with Crippen LogP contribution in [0.5, 0.6) is 0 Å². The highest BCUT2D eigenvalue weighted by Crippen LogP contribution is 2.16. The SMILES string of the molecule is CSc1ccc(CCc2cnc(F)c(B(O)O)c2)cc1. The van der Waals surface area contributed by atoms with Crippen molar-refractivity contribution in [2.75, 3.05) is 6.26 Å². The number of aromatic nitrogens is 1. The third-order valence-corrected chi connectivity index (χ3v) is 3.81. The molecule has 104 valence electrons. The van der Waals surface area contributed by atoms with Crippen molar-refractivity contribution in [3.05, 3.63) is 53.6 Å². The van der Waals surface area contributed by atoms with Gasteiger partial charge >= 0.3 is 7.12 Å². The maximum Gasteiger partial charge on any atom is 0.493 e. The predicted octanol–water partition coefficient (Wildman–Crippen LogP) is 1.41. The fraction of sp³-hybridized carbons (Fsp3) is 0.214. The van der Waals surface area contributed by atoms with Crippen molar-refractivity contribution in [3.8, 4) is 0 Å². The number of thioether (sulfide) groups is 1. The molecule has 3 nitrogen and oxygen atoms in total. The second kappa shape index (κ2) is 6.88. The number of aryl methyl sites for hydroxylation is 2. The van der Waals surface area contributed by atoms with Crippen LogP contribution in [-0.2, 0) is 12.8 Å². The van der Waals surface area contributed by atoms with Gasteiger partial charge in [-0.3, -0.25) is 0 Å². The first-order valence-electron chi connectivity index (χ1n) is 6.23. The quantitative estimate of drug-likeness (QED) is 0.497. The fourth-order valence-electron chi connectivity index (χ4n) is 1.91. The van der Waals surface area contributed by atoms with Crippen molar-refractivity contribution in [2.24, 2.45) is 0 Å². The summed E-state index contributed by atoms with van der Waals surface area (Å²) in [5, 5.41) is 18.1. The summed E-state index contributed by atoms with van der Waals surface area (Å²) in [5.74, 6) is -0.840. The Balaban J connectivity index is 2.04. The lowest BCUT2D eigenvalue weighted by Crippen LogP contribution is -2.34. The molecule has 2 N–H and O–H groups in total. The highest BCUT2D eigenvalue weighted by Gasteiger charge is 2.17. The molecule has 0 amide bonds. The Bertz CT molecular complexity index is 578. The van der Waals surface area contributed by atoms with E-state index in [2.05, 4.69) is 29.2 Å². The Kier molecular flexibility index (Phi) is 5.17. The molecule has 2 rings (SSSR count). The maximum absolute atomic E-state index is 13.2. The highest BCUT2D eigenvalue weighted by molar-refractivity contribution is 7.98. The van der Waals surface area contributed by atoms with Gasteiger partial charge in [0.2, 0.25) is 5.95 Å². The molecule has 0 spiro atoms. The molecule has 0 fully saturated rings. The lowest BCUT2D eigenvalue weighted by atomic mass is 9.80. The Labute approximate surface area is 122 Å². The van der Waals surface area contributed by atoms with E-state index in [1.54, 1.807) is 11.8 Å². The van der Waals surface area contributed by atoms with Gasteiger partial charge in [-0.15, -0.1) is 11.8 Å². The minimum atomic E-state index is -1.83. The van der Waals surface area contributed by atoms with Gasteiger partial charge in [0, 0.05) is 16.6 Å². The van der Waals surface area contributed by atoms with Crippen molar-refractivity contribution in [3.63, 3.8) is 0 Å². The smallest absolute Gasteiger partial charge is 0.423 e. The number of benzene rings is 1. The summed E-state index contributed by atoms with van der Waals surface area (Å²) in [6, 6.07) is 9.69. The van der Waals surface area contributed by atoms with E-state index in [9.17, 15) is 4.39 Å². The Hall–Kier alpha value is -1.37. The van der Waals surface area contributed by atoms with Crippen molar-refractivity contribution in [1.29, 1.82) is 0 Å². The lowest BCUT2D eigenvalue weighted by Gasteiger charge is -2.06. The summed E-state index contributed by atoms with van der Waals surface area (Å²) in [7, 11) is -1.83. The monoisotopic (exact) mass is 291 g/mol. The van der Waals surface area contributed by atoms with Crippen LogP contribution in [0, 0.1) is 5.95 Å². The molecule has 0 saturated carbocycles. The number of pyridine rings is 1. The van der Waals surface area contributed by atoms with Gasteiger partial charge in [0.25, 0.3) is 0 Å². The van der Waals surface area contributed by atoms with E-state index in [0.29, 0.717) is 6.42 Å².